The molecule has 4 heteroatoms. The number of hydrogen-bond acceptors (Lipinski definition) is 3. The average Bonchev–Trinajstić information content (AvgIpc) is 2.81. The van der Waals surface area contributed by atoms with Crippen molar-refractivity contribution in [2.24, 2.45) is 5.84 Å². The molecule has 1 aromatic heterocycles. The molecule has 0 saturated heterocycles. The Kier molecular flexibility index (Phi) is 3.66. The van der Waals surface area contributed by atoms with Crippen LogP contribution in [0.25, 0.3) is 0 Å². The number of nitrogens with one attached hydrogen (secondary N) is 1. The molecule has 1 unspecified atom stereocenters. The van der Waals surface area contributed by atoms with E-state index in [1.807, 2.05) is 23.6 Å². The molecule has 84 valence electrons. The van der Waals surface area contributed by atoms with E-state index in [0.717, 1.165) is 4.88 Å². The lowest BCUT2D eigenvalue weighted by molar-refractivity contribution is 0.535. The molecule has 0 bridgehead atoms. The molecule has 1 aromatic carbocycles. The first kappa shape index (κ1) is 11.3. The second kappa shape index (κ2) is 5.21. The Balaban J connectivity index is 2.17. The quantitative estimate of drug-likeness (QED) is 0.632. The molecule has 1 heterocycles. The van der Waals surface area contributed by atoms with Crippen molar-refractivity contribution in [3.05, 3.63) is 58.0 Å². The summed E-state index contributed by atoms with van der Waals surface area (Å²) < 4.78 is 13.5. The SMILES string of the molecule is NNC(Cc1ccccc1F)c1cccs1. The standard InChI is InChI=1S/C12H13FN2S/c13-10-5-2-1-4-9(10)8-11(15-14)12-6-3-7-16-12/h1-7,11,15H,8,14H2. The lowest BCUT2D eigenvalue weighted by Crippen LogP contribution is -2.29. The van der Waals surface area contributed by atoms with E-state index in [2.05, 4.69) is 5.43 Å². The normalized spacial score (nSPS) is 12.6. The zero-order valence-corrected chi connectivity index (χ0v) is 9.51. The molecule has 0 amide bonds. The van der Waals surface area contributed by atoms with Gasteiger partial charge in [0.05, 0.1) is 6.04 Å². The summed E-state index contributed by atoms with van der Waals surface area (Å²) in [5.74, 6) is 5.31. The Morgan fingerprint density at radius 2 is 2.06 bits per heavy atom. The summed E-state index contributed by atoms with van der Waals surface area (Å²) in [6.45, 7) is 0. The minimum Gasteiger partial charge on any atom is -0.271 e. The number of benzene rings is 1. The first-order chi connectivity index (χ1) is 7.81. The van der Waals surface area contributed by atoms with Gasteiger partial charge in [-0.3, -0.25) is 11.3 Å². The van der Waals surface area contributed by atoms with Gasteiger partial charge in [-0.1, -0.05) is 24.3 Å². The van der Waals surface area contributed by atoms with Gasteiger partial charge in [-0.15, -0.1) is 11.3 Å². The maximum absolute atomic E-state index is 13.5. The second-order valence-electron chi connectivity index (χ2n) is 3.53. The van der Waals surface area contributed by atoms with Gasteiger partial charge in [0.2, 0.25) is 0 Å². The summed E-state index contributed by atoms with van der Waals surface area (Å²) in [6.07, 6.45) is 0.559. The Hall–Kier alpha value is -1.23. The van der Waals surface area contributed by atoms with Crippen molar-refractivity contribution in [2.75, 3.05) is 0 Å². The molecule has 2 aromatic rings. The summed E-state index contributed by atoms with van der Waals surface area (Å²) in [5, 5.41) is 1.99. The molecule has 0 spiro atoms. The molecule has 16 heavy (non-hydrogen) atoms. The minimum atomic E-state index is -0.181. The third kappa shape index (κ3) is 2.47. The first-order valence-corrected chi connectivity index (χ1v) is 5.92. The number of halogens is 1. The van der Waals surface area contributed by atoms with Crippen LogP contribution >= 0.6 is 11.3 Å². The van der Waals surface area contributed by atoms with Gasteiger partial charge in [0.25, 0.3) is 0 Å². The lowest BCUT2D eigenvalue weighted by atomic mass is 10.0. The van der Waals surface area contributed by atoms with Crippen LogP contribution in [-0.2, 0) is 6.42 Å². The highest BCUT2D eigenvalue weighted by molar-refractivity contribution is 7.10. The van der Waals surface area contributed by atoms with Gasteiger partial charge in [0, 0.05) is 4.88 Å². The van der Waals surface area contributed by atoms with Crippen molar-refractivity contribution in [3.63, 3.8) is 0 Å². The molecule has 0 aliphatic heterocycles. The van der Waals surface area contributed by atoms with E-state index in [-0.39, 0.29) is 11.9 Å². The molecule has 0 radical (unpaired) electrons. The molecule has 2 rings (SSSR count). The van der Waals surface area contributed by atoms with Crippen molar-refractivity contribution in [1.29, 1.82) is 0 Å². The van der Waals surface area contributed by atoms with Gasteiger partial charge in [0.1, 0.15) is 5.82 Å². The monoisotopic (exact) mass is 236 g/mol. The van der Waals surface area contributed by atoms with Crippen LogP contribution in [0.5, 0.6) is 0 Å². The Morgan fingerprint density at radius 3 is 2.69 bits per heavy atom. The van der Waals surface area contributed by atoms with Crippen LogP contribution in [0, 0.1) is 5.82 Å². The van der Waals surface area contributed by atoms with E-state index in [9.17, 15) is 4.39 Å². The second-order valence-corrected chi connectivity index (χ2v) is 4.51. The number of hydrazine groups is 1. The highest BCUT2D eigenvalue weighted by Gasteiger charge is 2.13. The van der Waals surface area contributed by atoms with Crippen molar-refractivity contribution < 1.29 is 4.39 Å². The highest BCUT2D eigenvalue weighted by Crippen LogP contribution is 2.23. The van der Waals surface area contributed by atoms with Gasteiger partial charge in [0.15, 0.2) is 0 Å². The molecular formula is C12H13FN2S. The summed E-state index contributed by atoms with van der Waals surface area (Å²) in [4.78, 5) is 1.12. The zero-order valence-electron chi connectivity index (χ0n) is 8.69. The molecule has 3 N–H and O–H groups in total. The summed E-state index contributed by atoms with van der Waals surface area (Å²) >= 11 is 1.62. The minimum absolute atomic E-state index is 0.0306. The van der Waals surface area contributed by atoms with E-state index in [1.165, 1.54) is 6.07 Å². The van der Waals surface area contributed by atoms with E-state index in [0.29, 0.717) is 12.0 Å². The number of nitrogens with two attached hydrogens (primary N) is 1. The van der Waals surface area contributed by atoms with Gasteiger partial charge in [-0.05, 0) is 29.5 Å². The number of thiophene rings is 1. The third-order valence-electron chi connectivity index (χ3n) is 2.47. The van der Waals surface area contributed by atoms with E-state index in [4.69, 9.17) is 5.84 Å². The zero-order chi connectivity index (χ0) is 11.4. The third-order valence-corrected chi connectivity index (χ3v) is 3.46. The Morgan fingerprint density at radius 1 is 1.25 bits per heavy atom. The summed E-state index contributed by atoms with van der Waals surface area (Å²) in [5.41, 5.74) is 3.40. The first-order valence-electron chi connectivity index (χ1n) is 5.04. The van der Waals surface area contributed by atoms with Crippen LogP contribution in [0.4, 0.5) is 4.39 Å². The van der Waals surface area contributed by atoms with Crippen molar-refractivity contribution >= 4 is 11.3 Å². The van der Waals surface area contributed by atoms with Gasteiger partial charge >= 0.3 is 0 Å². The molecular weight excluding hydrogens is 223 g/mol. The maximum atomic E-state index is 13.5. The number of rotatable bonds is 4. The summed E-state index contributed by atoms with van der Waals surface area (Å²) in [7, 11) is 0. The van der Waals surface area contributed by atoms with E-state index in [1.54, 1.807) is 23.5 Å². The fourth-order valence-corrected chi connectivity index (χ4v) is 2.40. The smallest absolute Gasteiger partial charge is 0.126 e. The van der Waals surface area contributed by atoms with Crippen LogP contribution in [0.2, 0.25) is 0 Å². The van der Waals surface area contributed by atoms with Gasteiger partial charge < -0.3 is 0 Å². The van der Waals surface area contributed by atoms with E-state index >= 15 is 0 Å². The molecule has 1 atom stereocenters. The Labute approximate surface area is 97.9 Å². The molecule has 0 aliphatic rings. The van der Waals surface area contributed by atoms with Crippen molar-refractivity contribution in [1.82, 2.24) is 5.43 Å². The molecule has 2 nitrogen and oxygen atoms in total. The average molecular weight is 236 g/mol. The van der Waals surface area contributed by atoms with Crippen LogP contribution < -0.4 is 11.3 Å². The highest BCUT2D eigenvalue weighted by atomic mass is 32.1. The predicted octanol–water partition coefficient (Wildman–Crippen LogP) is 2.63. The molecule has 0 saturated carbocycles. The largest absolute Gasteiger partial charge is 0.271 e. The van der Waals surface area contributed by atoms with Gasteiger partial charge in [-0.2, -0.15) is 0 Å². The fraction of sp³-hybridized carbons (Fsp3) is 0.167. The lowest BCUT2D eigenvalue weighted by Gasteiger charge is -2.14. The topological polar surface area (TPSA) is 38.0 Å². The summed E-state index contributed by atoms with van der Waals surface area (Å²) in [6, 6.07) is 10.7. The van der Waals surface area contributed by atoms with Crippen molar-refractivity contribution in [2.45, 2.75) is 12.5 Å². The number of hydrogen-bond donors (Lipinski definition) is 2. The molecule has 0 aliphatic carbocycles. The maximum Gasteiger partial charge on any atom is 0.126 e. The van der Waals surface area contributed by atoms with E-state index < -0.39 is 0 Å². The van der Waals surface area contributed by atoms with Crippen molar-refractivity contribution in [3.8, 4) is 0 Å². The predicted molar refractivity (Wildman–Crippen MR) is 64.5 cm³/mol. The van der Waals surface area contributed by atoms with Gasteiger partial charge in [-0.25, -0.2) is 4.39 Å². The van der Waals surface area contributed by atoms with Crippen LogP contribution in [0.3, 0.4) is 0 Å². The van der Waals surface area contributed by atoms with Crippen LogP contribution in [-0.4, -0.2) is 0 Å². The molecule has 0 fully saturated rings. The Bertz CT molecular complexity index is 442. The fourth-order valence-electron chi connectivity index (χ4n) is 1.62. The van der Waals surface area contributed by atoms with Crippen LogP contribution in [0.1, 0.15) is 16.5 Å². The van der Waals surface area contributed by atoms with Crippen LogP contribution in [0.15, 0.2) is 41.8 Å².